The van der Waals surface area contributed by atoms with E-state index in [4.69, 9.17) is 26.2 Å². The Kier molecular flexibility index (Phi) is 4.50. The number of hydrogen-bond acceptors (Lipinski definition) is 9. The van der Waals surface area contributed by atoms with Crippen LogP contribution in [0.25, 0.3) is 11.2 Å². The van der Waals surface area contributed by atoms with E-state index in [2.05, 4.69) is 24.7 Å². The number of aromatic amines is 2. The summed E-state index contributed by atoms with van der Waals surface area (Å²) in [5, 5.41) is 35.0. The molecule has 116 valence electrons. The second kappa shape index (κ2) is 6.15. The predicted molar refractivity (Wildman–Crippen MR) is 68.9 cm³/mol. The van der Waals surface area contributed by atoms with Gasteiger partial charge in [0.1, 0.15) is 29.6 Å². The lowest BCUT2D eigenvalue weighted by atomic mass is 10.1. The number of nitrogen functional groups attached to an aromatic ring is 1. The second-order valence-corrected chi connectivity index (χ2v) is 4.29. The topological polar surface area (TPSA) is 191 Å². The summed E-state index contributed by atoms with van der Waals surface area (Å²) in [5.41, 5.74) is 5.85. The number of aliphatic hydroxyl groups is 4. The number of H-pyrrole nitrogens is 2. The van der Waals surface area contributed by atoms with Crippen LogP contribution in [0.5, 0.6) is 0 Å². The highest BCUT2D eigenvalue weighted by atomic mass is 16.6. The van der Waals surface area contributed by atoms with Gasteiger partial charge in [-0.3, -0.25) is 4.98 Å². The Bertz CT molecular complexity index is 657. The van der Waals surface area contributed by atoms with Crippen LogP contribution in [0.1, 0.15) is 0 Å². The van der Waals surface area contributed by atoms with Crippen molar-refractivity contribution in [3.05, 3.63) is 16.8 Å². The monoisotopic (exact) mass is 301 g/mol. The Morgan fingerprint density at radius 2 is 2.05 bits per heavy atom. The Morgan fingerprint density at radius 3 is 2.57 bits per heavy atom. The molecule has 0 amide bonds. The summed E-state index contributed by atoms with van der Waals surface area (Å²) < 4.78 is 4.54. The Morgan fingerprint density at radius 1 is 1.33 bits per heavy atom. The van der Waals surface area contributed by atoms with Crippen molar-refractivity contribution in [1.82, 2.24) is 19.9 Å². The number of ether oxygens (including phenoxy) is 1. The third-order valence-electron chi connectivity index (χ3n) is 2.85. The van der Waals surface area contributed by atoms with E-state index < -0.39 is 36.9 Å². The number of aliphatic hydroxyl groups excluding tert-OH is 4. The van der Waals surface area contributed by atoms with E-state index in [-0.39, 0.29) is 5.82 Å². The van der Waals surface area contributed by atoms with Crippen LogP contribution >= 0.6 is 0 Å². The average Bonchev–Trinajstić information content (AvgIpc) is 3.00. The lowest BCUT2D eigenvalue weighted by Gasteiger charge is -2.09. The molecule has 11 nitrogen and oxygen atoms in total. The van der Waals surface area contributed by atoms with Gasteiger partial charge in [-0.25, -0.2) is 9.78 Å². The van der Waals surface area contributed by atoms with Crippen molar-refractivity contribution in [1.29, 1.82) is 0 Å². The van der Waals surface area contributed by atoms with Crippen LogP contribution in [-0.4, -0.2) is 71.6 Å². The standard InChI is InChI=1S/C5H5N5O.C5H10O5/c6-3-2-4(8-1-7-2)10-5(11)9-3;6-1-2-3(7)4(8)5(9)10-2/h1H,(H4,6,7,8,9,10,11);2-9H,1H2/t;2-,3-,4-,5?/m.1/s1. The van der Waals surface area contributed by atoms with Crippen LogP contribution < -0.4 is 11.4 Å². The number of aromatic nitrogens is 4. The maximum absolute atomic E-state index is 10.7. The Balaban J connectivity index is 0.000000155. The maximum atomic E-state index is 10.7. The fourth-order valence-corrected chi connectivity index (χ4v) is 1.75. The lowest BCUT2D eigenvalue weighted by molar-refractivity contribution is -0.132. The molecule has 0 radical (unpaired) electrons. The third kappa shape index (κ3) is 3.17. The highest BCUT2D eigenvalue weighted by molar-refractivity contribution is 5.80. The zero-order chi connectivity index (χ0) is 15.6. The Labute approximate surface area is 117 Å². The predicted octanol–water partition coefficient (Wildman–Crippen LogP) is -3.35. The molecule has 3 heterocycles. The first-order chi connectivity index (χ1) is 9.93. The lowest BCUT2D eigenvalue weighted by Crippen LogP contribution is -2.33. The normalized spacial score (nSPS) is 28.4. The molecule has 3 rings (SSSR count). The first kappa shape index (κ1) is 15.3. The molecule has 0 bridgehead atoms. The molecule has 1 unspecified atom stereocenters. The molecule has 2 aromatic rings. The number of hydrogen-bond donors (Lipinski definition) is 7. The van der Waals surface area contributed by atoms with Gasteiger partial charge in [0.2, 0.25) is 0 Å². The molecule has 1 saturated heterocycles. The van der Waals surface area contributed by atoms with Gasteiger partial charge in [0, 0.05) is 0 Å². The van der Waals surface area contributed by atoms with E-state index in [0.717, 1.165) is 0 Å². The number of nitrogens with zero attached hydrogens (tertiary/aromatic N) is 2. The first-order valence-electron chi connectivity index (χ1n) is 5.93. The number of imidazole rings is 1. The number of anilines is 1. The van der Waals surface area contributed by atoms with Gasteiger partial charge in [-0.1, -0.05) is 0 Å². The van der Waals surface area contributed by atoms with Gasteiger partial charge < -0.3 is 35.9 Å². The van der Waals surface area contributed by atoms with Crippen LogP contribution in [-0.2, 0) is 4.74 Å². The van der Waals surface area contributed by atoms with Gasteiger partial charge in [-0.15, -0.1) is 0 Å². The van der Waals surface area contributed by atoms with Crippen LogP contribution in [0.3, 0.4) is 0 Å². The van der Waals surface area contributed by atoms with E-state index in [1.54, 1.807) is 0 Å². The number of fused-ring (bicyclic) bond motifs is 1. The minimum Gasteiger partial charge on any atom is -0.394 e. The van der Waals surface area contributed by atoms with Crippen molar-refractivity contribution in [2.24, 2.45) is 0 Å². The molecule has 0 aromatic carbocycles. The fourth-order valence-electron chi connectivity index (χ4n) is 1.75. The third-order valence-corrected chi connectivity index (χ3v) is 2.85. The molecular formula is C10H15N5O6. The Hall–Kier alpha value is -2.05. The van der Waals surface area contributed by atoms with E-state index in [0.29, 0.717) is 11.2 Å². The summed E-state index contributed by atoms with van der Waals surface area (Å²) >= 11 is 0. The summed E-state index contributed by atoms with van der Waals surface area (Å²) in [5.74, 6) is 0.262. The second-order valence-electron chi connectivity index (χ2n) is 4.29. The van der Waals surface area contributed by atoms with E-state index >= 15 is 0 Å². The maximum Gasteiger partial charge on any atom is 0.348 e. The SMILES string of the molecule is Nc1[nH]c(=O)nc2nc[nH]c12.OC[C@H]1OC(O)[C@H](O)[C@@H]1O. The fraction of sp³-hybridized carbons (Fsp3) is 0.500. The number of nitrogens with one attached hydrogen (secondary N) is 2. The van der Waals surface area contributed by atoms with Crippen LogP contribution in [0.2, 0.25) is 0 Å². The van der Waals surface area contributed by atoms with Crippen molar-refractivity contribution >= 4 is 17.0 Å². The molecule has 2 aromatic heterocycles. The van der Waals surface area contributed by atoms with Gasteiger partial charge in [0.05, 0.1) is 12.9 Å². The van der Waals surface area contributed by atoms with Gasteiger partial charge in [-0.2, -0.15) is 4.98 Å². The molecule has 11 heteroatoms. The molecular weight excluding hydrogens is 286 g/mol. The number of nitrogens with two attached hydrogens (primary N) is 1. The summed E-state index contributed by atoms with van der Waals surface area (Å²) in [6.45, 7) is -0.407. The highest BCUT2D eigenvalue weighted by Crippen LogP contribution is 2.18. The van der Waals surface area contributed by atoms with Crippen molar-refractivity contribution in [3.8, 4) is 0 Å². The minimum absolute atomic E-state index is 0.262. The highest BCUT2D eigenvalue weighted by Gasteiger charge is 2.41. The molecule has 1 fully saturated rings. The van der Waals surface area contributed by atoms with Crippen molar-refractivity contribution < 1.29 is 25.2 Å². The smallest absolute Gasteiger partial charge is 0.348 e. The minimum atomic E-state index is -1.38. The van der Waals surface area contributed by atoms with Gasteiger partial charge in [0.15, 0.2) is 11.9 Å². The summed E-state index contributed by atoms with van der Waals surface area (Å²) in [6.07, 6.45) is -3.32. The van der Waals surface area contributed by atoms with E-state index in [1.807, 2.05) is 0 Å². The van der Waals surface area contributed by atoms with Gasteiger partial charge >= 0.3 is 5.69 Å². The van der Waals surface area contributed by atoms with E-state index in [9.17, 15) is 4.79 Å². The van der Waals surface area contributed by atoms with Crippen LogP contribution in [0.4, 0.5) is 5.82 Å². The molecule has 0 aliphatic carbocycles. The zero-order valence-electron chi connectivity index (χ0n) is 10.7. The van der Waals surface area contributed by atoms with Crippen molar-refractivity contribution in [3.63, 3.8) is 0 Å². The molecule has 0 spiro atoms. The van der Waals surface area contributed by atoms with E-state index in [1.165, 1.54) is 6.33 Å². The van der Waals surface area contributed by atoms with Crippen molar-refractivity contribution in [2.75, 3.05) is 12.3 Å². The van der Waals surface area contributed by atoms with Crippen LogP contribution in [0.15, 0.2) is 11.1 Å². The van der Waals surface area contributed by atoms with Gasteiger partial charge in [0.25, 0.3) is 0 Å². The molecule has 1 aliphatic rings. The molecule has 0 saturated carbocycles. The summed E-state index contributed by atoms with van der Waals surface area (Å²) in [4.78, 5) is 23.1. The molecule has 4 atom stereocenters. The number of rotatable bonds is 1. The summed E-state index contributed by atoms with van der Waals surface area (Å²) in [6, 6.07) is 0. The molecule has 1 aliphatic heterocycles. The van der Waals surface area contributed by atoms with Gasteiger partial charge in [-0.05, 0) is 0 Å². The largest absolute Gasteiger partial charge is 0.394 e. The first-order valence-corrected chi connectivity index (χ1v) is 5.93. The quantitative estimate of drug-likeness (QED) is 0.282. The summed E-state index contributed by atoms with van der Waals surface area (Å²) in [7, 11) is 0. The molecule has 8 N–H and O–H groups in total. The van der Waals surface area contributed by atoms with Crippen LogP contribution in [0, 0.1) is 0 Å². The zero-order valence-corrected chi connectivity index (χ0v) is 10.7. The van der Waals surface area contributed by atoms with Crippen molar-refractivity contribution in [2.45, 2.75) is 24.6 Å². The molecule has 21 heavy (non-hydrogen) atoms. The average molecular weight is 301 g/mol.